The quantitative estimate of drug-likeness (QED) is 0.760. The Morgan fingerprint density at radius 1 is 1.00 bits per heavy atom. The molecule has 0 saturated heterocycles. The van der Waals surface area contributed by atoms with E-state index in [2.05, 4.69) is 85.3 Å². The van der Waals surface area contributed by atoms with Crippen LogP contribution < -0.4 is 0 Å². The molecular weight excluding hydrogens is 294 g/mol. The molecular formula is C22H24NO+. The van der Waals surface area contributed by atoms with Crippen LogP contribution in [0.4, 0.5) is 0 Å². The third-order valence-electron chi connectivity index (χ3n) is 5.34. The molecule has 2 bridgehead atoms. The first-order valence-electron chi connectivity index (χ1n) is 8.83. The molecule has 0 saturated carbocycles. The first-order chi connectivity index (χ1) is 11.8. The van der Waals surface area contributed by atoms with Gasteiger partial charge in [0.15, 0.2) is 11.8 Å². The smallest absolute Gasteiger partial charge is 0.186 e. The van der Waals surface area contributed by atoms with Gasteiger partial charge in [-0.25, -0.2) is 4.58 Å². The molecule has 0 N–H and O–H groups in total. The molecule has 2 nitrogen and oxygen atoms in total. The van der Waals surface area contributed by atoms with E-state index >= 15 is 0 Å². The zero-order chi connectivity index (χ0) is 16.5. The maximum atomic E-state index is 6.12. The van der Waals surface area contributed by atoms with E-state index in [1.54, 1.807) is 0 Å². The molecule has 0 radical (unpaired) electrons. The van der Waals surface area contributed by atoms with Crippen molar-refractivity contribution in [2.24, 2.45) is 0 Å². The second kappa shape index (κ2) is 6.37. The second-order valence-electron chi connectivity index (χ2n) is 6.63. The molecule has 0 aromatic heterocycles. The lowest BCUT2D eigenvalue weighted by Gasteiger charge is -2.40. The summed E-state index contributed by atoms with van der Waals surface area (Å²) in [4.78, 5) is 0. The Morgan fingerprint density at radius 2 is 1.71 bits per heavy atom. The van der Waals surface area contributed by atoms with Gasteiger partial charge in [0.1, 0.15) is 7.05 Å². The van der Waals surface area contributed by atoms with Crippen LogP contribution >= 0.6 is 0 Å². The van der Waals surface area contributed by atoms with Gasteiger partial charge < -0.3 is 4.74 Å². The van der Waals surface area contributed by atoms with Crippen LogP contribution in [0, 0.1) is 0 Å². The van der Waals surface area contributed by atoms with E-state index < -0.39 is 0 Å². The van der Waals surface area contributed by atoms with Crippen LogP contribution in [0.25, 0.3) is 6.08 Å². The Kier molecular flexibility index (Phi) is 4.07. The van der Waals surface area contributed by atoms with E-state index in [1.165, 1.54) is 22.4 Å². The van der Waals surface area contributed by atoms with Crippen LogP contribution in [0.2, 0.25) is 0 Å². The largest absolute Gasteiger partial charge is 0.377 e. The summed E-state index contributed by atoms with van der Waals surface area (Å²) in [5.41, 5.74) is 5.52. The topological polar surface area (TPSA) is 12.2 Å². The number of rotatable bonds is 4. The predicted molar refractivity (Wildman–Crippen MR) is 98.6 cm³/mol. The average Bonchev–Trinajstić information content (AvgIpc) is 2.63. The molecule has 0 spiro atoms. The summed E-state index contributed by atoms with van der Waals surface area (Å²) in [6.45, 7) is 2.87. The van der Waals surface area contributed by atoms with Crippen molar-refractivity contribution < 1.29 is 9.31 Å². The molecule has 122 valence electrons. The fraction of sp³-hybridized carbons (Fsp3) is 0.318. The minimum Gasteiger partial charge on any atom is -0.377 e. The fourth-order valence-corrected chi connectivity index (χ4v) is 4.24. The van der Waals surface area contributed by atoms with Gasteiger partial charge in [0.2, 0.25) is 0 Å². The number of hydrogen-bond donors (Lipinski definition) is 0. The lowest BCUT2D eigenvalue weighted by Crippen LogP contribution is -2.46. The normalized spacial score (nSPS) is 25.3. The predicted octanol–water partition coefficient (Wildman–Crippen LogP) is 4.43. The van der Waals surface area contributed by atoms with Crippen molar-refractivity contribution in [3.8, 4) is 0 Å². The minimum atomic E-state index is 0.279. The fourth-order valence-electron chi connectivity index (χ4n) is 4.24. The molecule has 2 aliphatic heterocycles. The molecule has 24 heavy (non-hydrogen) atoms. The Labute approximate surface area is 144 Å². The Bertz CT molecular complexity index is 791. The number of hydrogen-bond acceptors (Lipinski definition) is 1. The number of benzene rings is 2. The van der Waals surface area contributed by atoms with Crippen molar-refractivity contribution in [1.29, 1.82) is 0 Å². The lowest BCUT2D eigenvalue weighted by atomic mass is 9.72. The summed E-state index contributed by atoms with van der Waals surface area (Å²) in [6.07, 6.45) is 5.86. The van der Waals surface area contributed by atoms with Crippen molar-refractivity contribution in [2.75, 3.05) is 13.7 Å². The van der Waals surface area contributed by atoms with E-state index in [0.717, 1.165) is 13.0 Å². The number of allylic oxidation sites excluding steroid dienone is 1. The maximum Gasteiger partial charge on any atom is 0.186 e. The van der Waals surface area contributed by atoms with E-state index in [0.29, 0.717) is 12.0 Å². The van der Waals surface area contributed by atoms with E-state index in [1.807, 2.05) is 0 Å². The molecule has 1 aliphatic carbocycles. The Hall–Kier alpha value is -2.19. The molecule has 2 aromatic rings. The molecule has 0 fully saturated rings. The summed E-state index contributed by atoms with van der Waals surface area (Å²) >= 11 is 0. The molecule has 2 heteroatoms. The third kappa shape index (κ3) is 2.51. The van der Waals surface area contributed by atoms with Crippen molar-refractivity contribution in [3.63, 3.8) is 0 Å². The van der Waals surface area contributed by atoms with E-state index in [9.17, 15) is 0 Å². The van der Waals surface area contributed by atoms with Gasteiger partial charge in [0.05, 0.1) is 12.0 Å². The molecule has 0 amide bonds. The van der Waals surface area contributed by atoms with Crippen LogP contribution in [0.3, 0.4) is 0 Å². The standard InChI is InChI=1S/C22H24NO/c1-3-24-21-15-20-17-11-7-8-12-18(17)22(21)19(23(20)2)14-13-16-9-5-4-6-10-16/h4-14,20-22H,3,15H2,1-2H3/q+1/b14-13+. The first-order valence-corrected chi connectivity index (χ1v) is 8.83. The SMILES string of the molecule is CCOC1CC2c3ccccc3C1C(/C=C/c1ccccc1)=[N+]2C. The zero-order valence-electron chi connectivity index (χ0n) is 14.4. The van der Waals surface area contributed by atoms with Gasteiger partial charge in [-0.05, 0) is 24.1 Å². The number of nitrogens with zero attached hydrogens (tertiary/aromatic N) is 1. The van der Waals surface area contributed by atoms with Gasteiger partial charge >= 0.3 is 0 Å². The highest BCUT2D eigenvalue weighted by Gasteiger charge is 2.49. The van der Waals surface area contributed by atoms with Crippen molar-refractivity contribution >= 4 is 11.8 Å². The van der Waals surface area contributed by atoms with E-state index in [-0.39, 0.29) is 6.10 Å². The van der Waals surface area contributed by atoms with Gasteiger partial charge in [0, 0.05) is 24.7 Å². The molecule has 2 aromatic carbocycles. The first kappa shape index (κ1) is 15.3. The number of ether oxygens (including phenoxy) is 1. The minimum absolute atomic E-state index is 0.279. The molecule has 3 aliphatic rings. The average molecular weight is 318 g/mol. The Balaban J connectivity index is 1.76. The van der Waals surface area contributed by atoms with Crippen molar-refractivity contribution in [2.45, 2.75) is 31.4 Å². The van der Waals surface area contributed by atoms with Gasteiger partial charge in [0.25, 0.3) is 0 Å². The van der Waals surface area contributed by atoms with Crippen LogP contribution in [0.1, 0.15) is 42.0 Å². The molecule has 3 atom stereocenters. The zero-order valence-corrected chi connectivity index (χ0v) is 14.4. The van der Waals surface area contributed by atoms with Crippen LogP contribution in [0.15, 0.2) is 60.7 Å². The van der Waals surface area contributed by atoms with Crippen LogP contribution in [0.5, 0.6) is 0 Å². The highest BCUT2D eigenvalue weighted by molar-refractivity contribution is 6.01. The van der Waals surface area contributed by atoms with Crippen molar-refractivity contribution in [1.82, 2.24) is 0 Å². The lowest BCUT2D eigenvalue weighted by molar-refractivity contribution is -0.557. The highest BCUT2D eigenvalue weighted by Crippen LogP contribution is 2.45. The molecule has 2 heterocycles. The summed E-state index contributed by atoms with van der Waals surface area (Å²) in [5, 5.41) is 0. The summed E-state index contributed by atoms with van der Waals surface area (Å²) in [6, 6.07) is 19.8. The van der Waals surface area contributed by atoms with Gasteiger partial charge in [-0.15, -0.1) is 0 Å². The summed E-state index contributed by atoms with van der Waals surface area (Å²) in [5.74, 6) is 0.330. The van der Waals surface area contributed by atoms with Gasteiger partial charge in [-0.3, -0.25) is 0 Å². The summed E-state index contributed by atoms with van der Waals surface area (Å²) in [7, 11) is 2.22. The van der Waals surface area contributed by atoms with Crippen molar-refractivity contribution in [3.05, 3.63) is 77.4 Å². The molecule has 3 unspecified atom stereocenters. The van der Waals surface area contributed by atoms with Gasteiger partial charge in [-0.1, -0.05) is 54.6 Å². The maximum absolute atomic E-state index is 6.12. The monoisotopic (exact) mass is 318 g/mol. The number of fused-ring (bicyclic) bond motifs is 1. The van der Waals surface area contributed by atoms with Gasteiger partial charge in [-0.2, -0.15) is 0 Å². The molecule has 5 rings (SSSR count). The second-order valence-corrected chi connectivity index (χ2v) is 6.63. The van der Waals surface area contributed by atoms with E-state index in [4.69, 9.17) is 4.74 Å². The van der Waals surface area contributed by atoms with Crippen LogP contribution in [-0.2, 0) is 4.74 Å². The highest BCUT2D eigenvalue weighted by atomic mass is 16.5. The summed E-state index contributed by atoms with van der Waals surface area (Å²) < 4.78 is 8.57. The third-order valence-corrected chi connectivity index (χ3v) is 5.34. The van der Waals surface area contributed by atoms with Crippen LogP contribution in [-0.4, -0.2) is 30.0 Å². The Morgan fingerprint density at radius 3 is 2.46 bits per heavy atom.